The van der Waals surface area contributed by atoms with E-state index in [4.69, 9.17) is 0 Å². The predicted octanol–water partition coefficient (Wildman–Crippen LogP) is 6.96. The summed E-state index contributed by atoms with van der Waals surface area (Å²) < 4.78 is 2.90. The Morgan fingerprint density at radius 3 is 1.52 bits per heavy atom. The zero-order valence-corrected chi connectivity index (χ0v) is 20.0. The Hall–Kier alpha value is 0.0587. The van der Waals surface area contributed by atoms with E-state index in [9.17, 15) is 0 Å². The van der Waals surface area contributed by atoms with Crippen molar-refractivity contribution < 1.29 is 0 Å². The van der Waals surface area contributed by atoms with Crippen LogP contribution in [0.4, 0.5) is 0 Å². The molecule has 0 aliphatic heterocycles. The molecule has 126 valence electrons. The van der Waals surface area contributed by atoms with Gasteiger partial charge >= 0.3 is 87.7 Å². The standard InChI is InChI=1S/C10H8N2.2C4H9.2BrH.Sn/c1-3-7-11-9(5-1)10-6-2-4-8-12-10;2*1-3-4-2;;;/h1-8H;2*1,3-4H2,2H3;2*1H;/q;;;;;+2/p-2. The van der Waals surface area contributed by atoms with Crippen molar-refractivity contribution in [3.63, 3.8) is 0 Å². The van der Waals surface area contributed by atoms with Crippen LogP contribution in [0.25, 0.3) is 11.4 Å². The zero-order chi connectivity index (χ0) is 17.0. The fourth-order valence-corrected chi connectivity index (χ4v) is 15.2. The van der Waals surface area contributed by atoms with Crippen LogP contribution in [0.5, 0.6) is 0 Å². The van der Waals surface area contributed by atoms with Gasteiger partial charge in [-0.3, -0.25) is 9.97 Å². The first kappa shape index (κ1) is 21.1. The molecule has 5 heteroatoms. The van der Waals surface area contributed by atoms with Crippen LogP contribution in [0, 0.1) is 0 Å². The molecule has 2 rings (SSSR count). The van der Waals surface area contributed by atoms with Crippen molar-refractivity contribution in [2.75, 3.05) is 0 Å². The quantitative estimate of drug-likeness (QED) is 0.350. The summed E-state index contributed by atoms with van der Waals surface area (Å²) in [4.78, 5) is 8.37. The number of rotatable bonds is 7. The second-order valence-electron chi connectivity index (χ2n) is 5.49. The van der Waals surface area contributed by atoms with E-state index in [1.165, 1.54) is 34.6 Å². The second-order valence-corrected chi connectivity index (χ2v) is 40.7. The van der Waals surface area contributed by atoms with Gasteiger partial charge in [0.15, 0.2) is 0 Å². The average molecular weight is 549 g/mol. The van der Waals surface area contributed by atoms with Gasteiger partial charge in [0.05, 0.1) is 11.4 Å². The minimum Gasteiger partial charge on any atom is -0.255 e. The molecule has 0 spiro atoms. The van der Waals surface area contributed by atoms with Crippen molar-refractivity contribution in [2.45, 2.75) is 48.4 Å². The fourth-order valence-electron chi connectivity index (χ4n) is 2.02. The van der Waals surface area contributed by atoms with E-state index in [2.05, 4.69) is 49.2 Å². The summed E-state index contributed by atoms with van der Waals surface area (Å²) in [6.07, 6.45) is 9.00. The minimum absolute atomic E-state index is 0.915. The van der Waals surface area contributed by atoms with Crippen molar-refractivity contribution in [2.24, 2.45) is 0 Å². The molecule has 0 aliphatic carbocycles. The minimum atomic E-state index is -1.81. The van der Waals surface area contributed by atoms with Gasteiger partial charge in [0.25, 0.3) is 0 Å². The van der Waals surface area contributed by atoms with Crippen LogP contribution < -0.4 is 0 Å². The number of pyridine rings is 2. The molecule has 2 aromatic heterocycles. The van der Waals surface area contributed by atoms with Crippen molar-refractivity contribution in [1.82, 2.24) is 9.97 Å². The van der Waals surface area contributed by atoms with E-state index in [1.807, 2.05) is 36.4 Å². The van der Waals surface area contributed by atoms with Crippen molar-refractivity contribution in [3.8, 4) is 11.4 Å². The van der Waals surface area contributed by atoms with Gasteiger partial charge in [-0.25, -0.2) is 0 Å². The molecule has 0 N–H and O–H groups in total. The Morgan fingerprint density at radius 2 is 1.22 bits per heavy atom. The third-order valence-electron chi connectivity index (χ3n) is 3.38. The smallest absolute Gasteiger partial charge is 0.0886 e. The molecule has 23 heavy (non-hydrogen) atoms. The summed E-state index contributed by atoms with van der Waals surface area (Å²) >= 11 is 6.01. The first-order chi connectivity index (χ1) is 11.1. The monoisotopic (exact) mass is 548 g/mol. The molecule has 0 unspecified atom stereocenters. The predicted molar refractivity (Wildman–Crippen MR) is 111 cm³/mol. The summed E-state index contributed by atoms with van der Waals surface area (Å²) in [6, 6.07) is 11.6. The first-order valence-corrected chi connectivity index (χ1v) is 25.1. The fraction of sp³-hybridized carbons (Fsp3) is 0.444. The maximum Gasteiger partial charge on any atom is 0.0886 e. The number of unbranched alkanes of at least 4 members (excludes halogenated alkanes) is 2. The van der Waals surface area contributed by atoms with Crippen LogP contribution >= 0.6 is 25.4 Å². The molecule has 0 atom stereocenters. The molecular formula is C18H26Br2N2Sn. The first-order valence-electron chi connectivity index (χ1n) is 8.29. The maximum atomic E-state index is 4.19. The summed E-state index contributed by atoms with van der Waals surface area (Å²) in [6.45, 7) is 4.53. The van der Waals surface area contributed by atoms with Crippen molar-refractivity contribution >= 4 is 39.3 Å². The molecule has 0 amide bonds. The van der Waals surface area contributed by atoms with E-state index in [0.29, 0.717) is 0 Å². The summed E-state index contributed by atoms with van der Waals surface area (Å²) in [5.41, 5.74) is 1.83. The Balaban J connectivity index is 0.000000232. The normalized spacial score (nSPS) is 10.8. The van der Waals surface area contributed by atoms with Crippen molar-refractivity contribution in [1.29, 1.82) is 0 Å². The van der Waals surface area contributed by atoms with Gasteiger partial charge in [0, 0.05) is 12.4 Å². The molecule has 0 aliphatic rings. The van der Waals surface area contributed by atoms with Gasteiger partial charge in [-0.05, 0) is 24.3 Å². The Morgan fingerprint density at radius 1 is 0.783 bits per heavy atom. The molecule has 2 heterocycles. The largest absolute Gasteiger partial charge is 0.255 e. The Kier molecular flexibility index (Phi) is 11.4. The second kappa shape index (κ2) is 12.4. The molecule has 2 nitrogen and oxygen atoms in total. The van der Waals surface area contributed by atoms with Crippen molar-refractivity contribution in [3.05, 3.63) is 48.8 Å². The van der Waals surface area contributed by atoms with E-state index in [0.717, 1.165) is 11.4 Å². The van der Waals surface area contributed by atoms with Gasteiger partial charge in [-0.2, -0.15) is 0 Å². The summed E-state index contributed by atoms with van der Waals surface area (Å²) in [5, 5.41) is 0. The average Bonchev–Trinajstić information content (AvgIpc) is 2.60. The van der Waals surface area contributed by atoms with Gasteiger partial charge < -0.3 is 0 Å². The molecule has 0 aromatic carbocycles. The van der Waals surface area contributed by atoms with Crippen LogP contribution in [0.15, 0.2) is 48.8 Å². The molecule has 0 bridgehead atoms. The summed E-state index contributed by atoms with van der Waals surface area (Å²) in [5.74, 6) is 0. The maximum absolute atomic E-state index is 4.19. The van der Waals surface area contributed by atoms with E-state index in [1.54, 1.807) is 12.4 Å². The Labute approximate surface area is 156 Å². The number of nitrogens with zero attached hydrogens (tertiary/aromatic N) is 2. The third-order valence-corrected chi connectivity index (χ3v) is 20.2. The van der Waals surface area contributed by atoms with E-state index < -0.39 is 13.9 Å². The zero-order valence-electron chi connectivity index (χ0n) is 14.0. The van der Waals surface area contributed by atoms with Crippen LogP contribution in [-0.4, -0.2) is 23.9 Å². The van der Waals surface area contributed by atoms with Crippen LogP contribution in [0.2, 0.25) is 8.87 Å². The van der Waals surface area contributed by atoms with Crippen LogP contribution in [0.3, 0.4) is 0 Å². The van der Waals surface area contributed by atoms with E-state index >= 15 is 0 Å². The van der Waals surface area contributed by atoms with Gasteiger partial charge in [0.1, 0.15) is 0 Å². The topological polar surface area (TPSA) is 25.8 Å². The van der Waals surface area contributed by atoms with Crippen LogP contribution in [0.1, 0.15) is 39.5 Å². The molecule has 0 saturated carbocycles. The molecular weight excluding hydrogens is 523 g/mol. The number of halogens is 2. The summed E-state index contributed by atoms with van der Waals surface area (Å²) in [7, 11) is 0. The SMILES string of the molecule is CCC[CH2][Sn]([Br])([Br])[CH2]CCC.c1ccc(-c2ccccn2)nc1. The molecule has 0 fully saturated rings. The van der Waals surface area contributed by atoms with Crippen LogP contribution in [-0.2, 0) is 0 Å². The number of hydrogen-bond acceptors (Lipinski definition) is 2. The Bertz CT molecular complexity index is 474. The van der Waals surface area contributed by atoms with Gasteiger partial charge in [0.2, 0.25) is 0 Å². The molecule has 2 aromatic rings. The van der Waals surface area contributed by atoms with E-state index in [-0.39, 0.29) is 0 Å². The third kappa shape index (κ3) is 9.82. The molecule has 0 radical (unpaired) electrons. The molecule has 0 saturated heterocycles. The number of hydrogen-bond donors (Lipinski definition) is 0. The van der Waals surface area contributed by atoms with Gasteiger partial charge in [-0.15, -0.1) is 0 Å². The number of aromatic nitrogens is 2. The van der Waals surface area contributed by atoms with Gasteiger partial charge in [-0.1, -0.05) is 12.1 Å².